The molecule has 1 aromatic heterocycles. The van der Waals surface area contributed by atoms with Crippen LogP contribution in [0.5, 0.6) is 0 Å². The van der Waals surface area contributed by atoms with Crippen molar-refractivity contribution >= 4 is 23.8 Å². The Morgan fingerprint density at radius 1 is 1.00 bits per heavy atom. The lowest BCUT2D eigenvalue weighted by Crippen LogP contribution is -2.03. The maximum Gasteiger partial charge on any atom is 0.132 e. The normalized spacial score (nSPS) is 12.0. The van der Waals surface area contributed by atoms with Crippen LogP contribution in [0.3, 0.4) is 0 Å². The maximum atomic E-state index is 5.91. The molecule has 0 fully saturated rings. The third kappa shape index (κ3) is 3.56. The molecule has 0 saturated carbocycles. The van der Waals surface area contributed by atoms with Crippen LogP contribution in [0.25, 0.3) is 12.2 Å². The first kappa shape index (κ1) is 15.8. The summed E-state index contributed by atoms with van der Waals surface area (Å²) >= 11 is 5.91. The van der Waals surface area contributed by atoms with Gasteiger partial charge >= 0.3 is 0 Å². The Kier molecular flexibility index (Phi) is 4.89. The van der Waals surface area contributed by atoms with E-state index in [-0.39, 0.29) is 0 Å². The topological polar surface area (TPSA) is 17.8 Å². The summed E-state index contributed by atoms with van der Waals surface area (Å²) in [6, 6.07) is 7.82. The Hall–Kier alpha value is -1.54. The van der Waals surface area contributed by atoms with Crippen molar-refractivity contribution in [2.45, 2.75) is 39.5 Å². The van der Waals surface area contributed by atoms with Crippen molar-refractivity contribution in [3.8, 4) is 0 Å². The third-order valence-corrected chi connectivity index (χ3v) is 3.84. The van der Waals surface area contributed by atoms with Crippen molar-refractivity contribution in [2.75, 3.05) is 0 Å². The highest BCUT2D eigenvalue weighted by Gasteiger charge is 2.18. The zero-order chi connectivity index (χ0) is 15.6. The molecular weight excluding hydrogens is 280 g/mol. The molecule has 0 atom stereocenters. The molecule has 0 aliphatic heterocycles. The highest BCUT2D eigenvalue weighted by Crippen LogP contribution is 2.27. The van der Waals surface area contributed by atoms with Crippen molar-refractivity contribution in [3.63, 3.8) is 0 Å². The second-order valence-electron chi connectivity index (χ2n) is 5.99. The number of aromatic nitrogens is 2. The predicted molar refractivity (Wildman–Crippen MR) is 91.8 cm³/mol. The van der Waals surface area contributed by atoms with Crippen LogP contribution in [0.15, 0.2) is 24.3 Å². The molecule has 1 aromatic carbocycles. The van der Waals surface area contributed by atoms with Gasteiger partial charge in [0, 0.05) is 17.8 Å². The monoisotopic (exact) mass is 302 g/mol. The first-order chi connectivity index (χ1) is 9.90. The average Bonchev–Trinajstić information content (AvgIpc) is 2.75. The molecule has 0 radical (unpaired) electrons. The lowest BCUT2D eigenvalue weighted by molar-refractivity contribution is 0.706. The van der Waals surface area contributed by atoms with Crippen molar-refractivity contribution < 1.29 is 0 Å². The van der Waals surface area contributed by atoms with Gasteiger partial charge < -0.3 is 4.57 Å². The van der Waals surface area contributed by atoms with Crippen LogP contribution in [0.2, 0.25) is 5.02 Å². The Morgan fingerprint density at radius 2 is 1.62 bits per heavy atom. The fourth-order valence-electron chi connectivity index (χ4n) is 2.55. The molecule has 0 unspecified atom stereocenters. The first-order valence-electron chi connectivity index (χ1n) is 7.40. The summed E-state index contributed by atoms with van der Waals surface area (Å²) in [7, 11) is 2.09. The molecule has 3 heteroatoms. The molecular formula is C18H23ClN2. The van der Waals surface area contributed by atoms with E-state index in [0.717, 1.165) is 16.4 Å². The van der Waals surface area contributed by atoms with Gasteiger partial charge in [0.1, 0.15) is 5.82 Å². The van der Waals surface area contributed by atoms with Gasteiger partial charge in [-0.3, -0.25) is 0 Å². The average molecular weight is 303 g/mol. The Labute approximate surface area is 132 Å². The molecule has 21 heavy (non-hydrogen) atoms. The number of hydrogen-bond acceptors (Lipinski definition) is 1. The van der Waals surface area contributed by atoms with Gasteiger partial charge in [-0.25, -0.2) is 4.98 Å². The van der Waals surface area contributed by atoms with Gasteiger partial charge in [-0.1, -0.05) is 57.5 Å². The Morgan fingerprint density at radius 3 is 2.10 bits per heavy atom. The van der Waals surface area contributed by atoms with E-state index in [2.05, 4.69) is 51.5 Å². The lowest BCUT2D eigenvalue weighted by Gasteiger charge is -2.11. The summed E-state index contributed by atoms with van der Waals surface area (Å²) in [5.41, 5.74) is 3.64. The fraction of sp³-hybridized carbons (Fsp3) is 0.389. The van der Waals surface area contributed by atoms with E-state index >= 15 is 0 Å². The minimum Gasteiger partial charge on any atom is -0.331 e. The molecule has 0 aliphatic rings. The summed E-state index contributed by atoms with van der Waals surface area (Å²) in [6.07, 6.45) is 4.15. The van der Waals surface area contributed by atoms with Gasteiger partial charge in [-0.05, 0) is 35.6 Å². The number of nitrogens with zero attached hydrogens (tertiary/aromatic N) is 2. The van der Waals surface area contributed by atoms with Crippen molar-refractivity contribution in [1.82, 2.24) is 9.55 Å². The summed E-state index contributed by atoms with van der Waals surface area (Å²) in [4.78, 5) is 4.81. The van der Waals surface area contributed by atoms with Crippen LogP contribution in [-0.4, -0.2) is 9.55 Å². The van der Waals surface area contributed by atoms with Gasteiger partial charge in [0.15, 0.2) is 0 Å². The maximum absolute atomic E-state index is 5.91. The van der Waals surface area contributed by atoms with Crippen LogP contribution in [-0.2, 0) is 7.05 Å². The van der Waals surface area contributed by atoms with Crippen LogP contribution in [0.1, 0.15) is 62.3 Å². The molecule has 0 bridgehead atoms. The van der Waals surface area contributed by atoms with E-state index in [1.54, 1.807) is 0 Å². The van der Waals surface area contributed by atoms with E-state index in [1.807, 2.05) is 24.3 Å². The van der Waals surface area contributed by atoms with E-state index in [0.29, 0.717) is 11.8 Å². The van der Waals surface area contributed by atoms with Crippen LogP contribution < -0.4 is 0 Å². The Balaban J connectivity index is 2.36. The van der Waals surface area contributed by atoms with E-state index < -0.39 is 0 Å². The standard InChI is InChI=1S/C18H23ClN2/c1-12(2)17-18(13(3)4)21(5)16(20-17)11-8-14-6-9-15(19)10-7-14/h6-13H,1-5H3/b11-8+. The van der Waals surface area contributed by atoms with Gasteiger partial charge in [-0.2, -0.15) is 0 Å². The van der Waals surface area contributed by atoms with Gasteiger partial charge in [0.05, 0.1) is 5.69 Å². The SMILES string of the molecule is CC(C)c1nc(/C=C/c2ccc(Cl)cc2)n(C)c1C(C)C. The summed E-state index contributed by atoms with van der Waals surface area (Å²) in [5, 5.41) is 0.758. The van der Waals surface area contributed by atoms with Gasteiger partial charge in [0.25, 0.3) is 0 Å². The molecule has 2 nitrogen and oxygen atoms in total. The first-order valence-corrected chi connectivity index (χ1v) is 7.78. The largest absolute Gasteiger partial charge is 0.331 e. The molecule has 0 saturated heterocycles. The second-order valence-corrected chi connectivity index (χ2v) is 6.43. The molecule has 2 rings (SSSR count). The zero-order valence-electron chi connectivity index (χ0n) is 13.4. The molecule has 112 valence electrons. The van der Waals surface area contributed by atoms with E-state index in [9.17, 15) is 0 Å². The van der Waals surface area contributed by atoms with Crippen molar-refractivity contribution in [1.29, 1.82) is 0 Å². The van der Waals surface area contributed by atoms with E-state index in [1.165, 1.54) is 11.4 Å². The van der Waals surface area contributed by atoms with Gasteiger partial charge in [-0.15, -0.1) is 0 Å². The molecule has 0 amide bonds. The number of rotatable bonds is 4. The van der Waals surface area contributed by atoms with Crippen LogP contribution in [0, 0.1) is 0 Å². The highest BCUT2D eigenvalue weighted by atomic mass is 35.5. The van der Waals surface area contributed by atoms with Crippen LogP contribution in [0.4, 0.5) is 0 Å². The minimum absolute atomic E-state index is 0.436. The van der Waals surface area contributed by atoms with Crippen molar-refractivity contribution in [2.24, 2.45) is 7.05 Å². The fourth-order valence-corrected chi connectivity index (χ4v) is 2.68. The molecule has 0 aliphatic carbocycles. The molecule has 0 N–H and O–H groups in total. The zero-order valence-corrected chi connectivity index (χ0v) is 14.1. The number of benzene rings is 1. The molecule has 1 heterocycles. The minimum atomic E-state index is 0.436. The Bertz CT molecular complexity index is 634. The molecule has 2 aromatic rings. The molecule has 0 spiro atoms. The van der Waals surface area contributed by atoms with E-state index in [4.69, 9.17) is 16.6 Å². The summed E-state index contributed by atoms with van der Waals surface area (Å²) in [5.74, 6) is 1.90. The van der Waals surface area contributed by atoms with Gasteiger partial charge in [0.2, 0.25) is 0 Å². The highest BCUT2D eigenvalue weighted by molar-refractivity contribution is 6.30. The second kappa shape index (κ2) is 6.48. The van der Waals surface area contributed by atoms with Crippen LogP contribution >= 0.6 is 11.6 Å². The third-order valence-electron chi connectivity index (χ3n) is 3.59. The number of hydrogen-bond donors (Lipinski definition) is 0. The lowest BCUT2D eigenvalue weighted by atomic mass is 10.0. The number of halogens is 1. The number of imidazole rings is 1. The quantitative estimate of drug-likeness (QED) is 0.730. The van der Waals surface area contributed by atoms with Crippen molar-refractivity contribution in [3.05, 3.63) is 52.1 Å². The summed E-state index contributed by atoms with van der Waals surface area (Å²) in [6.45, 7) is 8.83. The predicted octanol–water partition coefficient (Wildman–Crippen LogP) is 5.49. The summed E-state index contributed by atoms with van der Waals surface area (Å²) < 4.78 is 2.20. The smallest absolute Gasteiger partial charge is 0.132 e.